The van der Waals surface area contributed by atoms with Gasteiger partial charge in [0.1, 0.15) is 17.6 Å². The Bertz CT molecular complexity index is 1250. The summed E-state index contributed by atoms with van der Waals surface area (Å²) >= 11 is 1.74. The minimum Gasteiger partial charge on any atom is -0.495 e. The number of nitrogens with zero attached hydrogens (tertiary/aromatic N) is 4. The molecule has 168 valence electrons. The molecule has 0 radical (unpaired) electrons. The lowest BCUT2D eigenvalue weighted by atomic mass is 9.91. The summed E-state index contributed by atoms with van der Waals surface area (Å²) in [5.74, 6) is 2.29. The Hall–Kier alpha value is -2.64. The zero-order valence-electron chi connectivity index (χ0n) is 19.1. The largest absolute Gasteiger partial charge is 0.495 e. The van der Waals surface area contributed by atoms with Gasteiger partial charge in [-0.2, -0.15) is 5.10 Å². The van der Waals surface area contributed by atoms with E-state index < -0.39 is 0 Å². The van der Waals surface area contributed by atoms with Gasteiger partial charge in [-0.05, 0) is 94.2 Å². The van der Waals surface area contributed by atoms with Crippen molar-refractivity contribution in [2.75, 3.05) is 33.0 Å². The summed E-state index contributed by atoms with van der Waals surface area (Å²) in [4.78, 5) is 7.90. The number of nitrogens with two attached hydrogens (primary N) is 1. The summed E-state index contributed by atoms with van der Waals surface area (Å²) in [6, 6.07) is 8.80. The minimum atomic E-state index is 0.525. The molecule has 5 rings (SSSR count). The molecule has 0 unspecified atom stereocenters. The van der Waals surface area contributed by atoms with Gasteiger partial charge in [-0.3, -0.25) is 0 Å². The van der Waals surface area contributed by atoms with Crippen molar-refractivity contribution in [2.45, 2.75) is 39.0 Å². The highest BCUT2D eigenvalue weighted by Crippen LogP contribution is 2.42. The van der Waals surface area contributed by atoms with Crippen LogP contribution >= 0.6 is 11.3 Å². The summed E-state index contributed by atoms with van der Waals surface area (Å²) < 4.78 is 8.80. The molecule has 1 saturated heterocycles. The molecule has 0 spiro atoms. The van der Waals surface area contributed by atoms with Crippen molar-refractivity contribution in [3.05, 3.63) is 41.9 Å². The van der Waals surface area contributed by atoms with E-state index in [4.69, 9.17) is 10.5 Å². The number of nitrogen functional groups attached to an aromatic ring is 1. The Kier molecular flexibility index (Phi) is 5.78. The van der Waals surface area contributed by atoms with E-state index in [0.29, 0.717) is 5.82 Å². The molecule has 3 aromatic heterocycles. The van der Waals surface area contributed by atoms with Crippen LogP contribution in [0.15, 0.2) is 30.6 Å². The zero-order valence-corrected chi connectivity index (χ0v) is 19.9. The van der Waals surface area contributed by atoms with E-state index in [2.05, 4.69) is 53.2 Å². The SMILES string of the molecule is COc1cc(C)cc2cc(-c3cc(CCCC4CCN(C)CC4)n4ncnc(N)c34)sc12. The van der Waals surface area contributed by atoms with Crippen LogP contribution in [0.3, 0.4) is 0 Å². The molecule has 1 fully saturated rings. The van der Waals surface area contributed by atoms with E-state index in [1.165, 1.54) is 60.3 Å². The van der Waals surface area contributed by atoms with Crippen LogP contribution in [0.4, 0.5) is 5.82 Å². The number of hydrogen-bond donors (Lipinski definition) is 1. The maximum atomic E-state index is 6.34. The molecule has 0 amide bonds. The number of thiophene rings is 1. The number of methoxy groups -OCH3 is 1. The van der Waals surface area contributed by atoms with Gasteiger partial charge in [0.15, 0.2) is 5.82 Å². The van der Waals surface area contributed by atoms with Crippen LogP contribution in [-0.4, -0.2) is 46.7 Å². The van der Waals surface area contributed by atoms with Crippen molar-refractivity contribution in [1.29, 1.82) is 0 Å². The number of piperidine rings is 1. The van der Waals surface area contributed by atoms with E-state index in [1.54, 1.807) is 24.8 Å². The first kappa shape index (κ1) is 21.2. The first-order chi connectivity index (χ1) is 15.5. The van der Waals surface area contributed by atoms with E-state index >= 15 is 0 Å². The average Bonchev–Trinajstić information content (AvgIpc) is 3.37. The van der Waals surface area contributed by atoms with Crippen molar-refractivity contribution in [3.8, 4) is 16.2 Å². The number of fused-ring (bicyclic) bond motifs is 2. The lowest BCUT2D eigenvalue weighted by Crippen LogP contribution is -2.30. The Labute approximate surface area is 193 Å². The van der Waals surface area contributed by atoms with Gasteiger partial charge in [0.25, 0.3) is 0 Å². The minimum absolute atomic E-state index is 0.525. The average molecular weight is 450 g/mol. The molecule has 4 aromatic rings. The molecule has 4 heterocycles. The summed E-state index contributed by atoms with van der Waals surface area (Å²) in [6.45, 7) is 4.55. The molecule has 0 saturated carbocycles. The van der Waals surface area contributed by atoms with Gasteiger partial charge >= 0.3 is 0 Å². The fourth-order valence-corrected chi connectivity index (χ4v) is 6.12. The maximum absolute atomic E-state index is 6.34. The molecule has 1 aromatic carbocycles. The Morgan fingerprint density at radius 3 is 2.78 bits per heavy atom. The highest BCUT2D eigenvalue weighted by atomic mass is 32.1. The lowest BCUT2D eigenvalue weighted by Gasteiger charge is -2.28. The third-order valence-corrected chi connectivity index (χ3v) is 7.95. The summed E-state index contributed by atoms with van der Waals surface area (Å²) in [5, 5.41) is 5.76. The summed E-state index contributed by atoms with van der Waals surface area (Å²) in [6.07, 6.45) is 7.63. The second-order valence-corrected chi connectivity index (χ2v) is 10.1. The molecular formula is C25H31N5OS. The van der Waals surface area contributed by atoms with Crippen molar-refractivity contribution < 1.29 is 4.74 Å². The van der Waals surface area contributed by atoms with Crippen LogP contribution in [-0.2, 0) is 6.42 Å². The van der Waals surface area contributed by atoms with Crippen LogP contribution in [0.5, 0.6) is 5.75 Å². The first-order valence-electron chi connectivity index (χ1n) is 11.4. The number of hydrogen-bond acceptors (Lipinski definition) is 6. The van der Waals surface area contributed by atoms with Gasteiger partial charge in [0.05, 0.1) is 11.8 Å². The number of benzene rings is 1. The van der Waals surface area contributed by atoms with Crippen molar-refractivity contribution in [2.24, 2.45) is 5.92 Å². The van der Waals surface area contributed by atoms with Gasteiger partial charge < -0.3 is 15.4 Å². The molecule has 0 bridgehead atoms. The van der Waals surface area contributed by atoms with E-state index in [-0.39, 0.29) is 0 Å². The van der Waals surface area contributed by atoms with Crippen LogP contribution in [0.2, 0.25) is 0 Å². The molecule has 7 heteroatoms. The highest BCUT2D eigenvalue weighted by molar-refractivity contribution is 7.22. The fraction of sp³-hybridized carbons (Fsp3) is 0.440. The molecule has 1 aliphatic heterocycles. The molecule has 32 heavy (non-hydrogen) atoms. The Morgan fingerprint density at radius 2 is 2.00 bits per heavy atom. The number of aryl methyl sites for hydroxylation is 2. The second kappa shape index (κ2) is 8.71. The third kappa shape index (κ3) is 3.95. The van der Waals surface area contributed by atoms with Gasteiger partial charge in [0.2, 0.25) is 0 Å². The second-order valence-electron chi connectivity index (χ2n) is 9.09. The standard InChI is InChI=1S/C25H31N5OS/c1-16-11-18-13-22(32-24(18)21(12-16)31-3)20-14-19(30-23(20)25(26)27-15-28-30)6-4-5-17-7-9-29(2)10-8-17/h11-15,17H,4-10H2,1-3H3,(H2,26,27,28). The predicted octanol–water partition coefficient (Wildman–Crippen LogP) is 5.17. The van der Waals surface area contributed by atoms with E-state index in [0.717, 1.165) is 33.9 Å². The van der Waals surface area contributed by atoms with Gasteiger partial charge in [-0.25, -0.2) is 9.50 Å². The molecular weight excluding hydrogens is 418 g/mol. The topological polar surface area (TPSA) is 68.7 Å². The summed E-state index contributed by atoms with van der Waals surface area (Å²) in [7, 11) is 3.95. The van der Waals surface area contributed by atoms with Crippen LogP contribution in [0.25, 0.3) is 26.0 Å². The lowest BCUT2D eigenvalue weighted by molar-refractivity contribution is 0.210. The fourth-order valence-electron chi connectivity index (χ4n) is 4.97. The van der Waals surface area contributed by atoms with Gasteiger partial charge in [-0.1, -0.05) is 6.07 Å². The van der Waals surface area contributed by atoms with Crippen molar-refractivity contribution >= 4 is 32.8 Å². The summed E-state index contributed by atoms with van der Waals surface area (Å²) in [5.41, 5.74) is 10.8. The first-order valence-corrected chi connectivity index (χ1v) is 12.2. The number of anilines is 1. The Morgan fingerprint density at radius 1 is 1.19 bits per heavy atom. The number of likely N-dealkylation sites (tertiary alicyclic amines) is 1. The van der Waals surface area contributed by atoms with Gasteiger partial charge in [-0.15, -0.1) is 11.3 Å². The molecule has 6 nitrogen and oxygen atoms in total. The predicted molar refractivity (Wildman–Crippen MR) is 133 cm³/mol. The Balaban J connectivity index is 1.47. The normalized spacial score (nSPS) is 15.7. The smallest absolute Gasteiger partial charge is 0.152 e. The molecule has 2 N–H and O–H groups in total. The monoisotopic (exact) mass is 449 g/mol. The van der Waals surface area contributed by atoms with Crippen molar-refractivity contribution in [3.63, 3.8) is 0 Å². The molecule has 1 aliphatic rings. The van der Waals surface area contributed by atoms with Crippen LogP contribution in [0.1, 0.15) is 36.9 Å². The number of ether oxygens (including phenoxy) is 1. The maximum Gasteiger partial charge on any atom is 0.152 e. The third-order valence-electron chi connectivity index (χ3n) is 6.75. The highest BCUT2D eigenvalue weighted by Gasteiger charge is 2.20. The van der Waals surface area contributed by atoms with E-state index in [9.17, 15) is 0 Å². The molecule has 0 aliphatic carbocycles. The molecule has 0 atom stereocenters. The number of rotatable bonds is 6. The zero-order chi connectivity index (χ0) is 22.2. The van der Waals surface area contributed by atoms with Crippen LogP contribution in [0, 0.1) is 12.8 Å². The quantitative estimate of drug-likeness (QED) is 0.440. The number of aromatic nitrogens is 3. The van der Waals surface area contributed by atoms with Gasteiger partial charge in [0, 0.05) is 16.1 Å². The van der Waals surface area contributed by atoms with Crippen LogP contribution < -0.4 is 10.5 Å². The van der Waals surface area contributed by atoms with E-state index in [1.807, 2.05) is 4.52 Å². The van der Waals surface area contributed by atoms with Crippen molar-refractivity contribution in [1.82, 2.24) is 19.5 Å².